The first-order valence-corrected chi connectivity index (χ1v) is 6.54. The van der Waals surface area contributed by atoms with Crippen molar-refractivity contribution in [2.75, 3.05) is 11.4 Å². The first kappa shape index (κ1) is 12.0. The summed E-state index contributed by atoms with van der Waals surface area (Å²) in [7, 11) is 0. The highest BCUT2D eigenvalue weighted by Crippen LogP contribution is 2.38. The van der Waals surface area contributed by atoms with Crippen LogP contribution in [0.5, 0.6) is 0 Å². The molecule has 0 saturated carbocycles. The van der Waals surface area contributed by atoms with Crippen molar-refractivity contribution in [2.45, 2.75) is 32.2 Å². The summed E-state index contributed by atoms with van der Waals surface area (Å²) in [6, 6.07) is 1.93. The van der Waals surface area contributed by atoms with Crippen LogP contribution in [0.2, 0.25) is 0 Å². The zero-order valence-electron chi connectivity index (χ0n) is 11.2. The second kappa shape index (κ2) is 4.57. The van der Waals surface area contributed by atoms with E-state index in [1.54, 1.807) is 18.6 Å². The van der Waals surface area contributed by atoms with E-state index in [0.717, 1.165) is 36.7 Å². The maximum absolute atomic E-state index is 4.60. The first-order chi connectivity index (χ1) is 9.20. The molecule has 5 heteroatoms. The fourth-order valence-electron chi connectivity index (χ4n) is 2.70. The van der Waals surface area contributed by atoms with E-state index in [9.17, 15) is 0 Å². The number of anilines is 1. The van der Waals surface area contributed by atoms with E-state index in [2.05, 4.69) is 31.8 Å². The molecule has 0 aromatic carbocycles. The van der Waals surface area contributed by atoms with Crippen molar-refractivity contribution in [2.24, 2.45) is 0 Å². The molecule has 0 unspecified atom stereocenters. The molecule has 19 heavy (non-hydrogen) atoms. The van der Waals surface area contributed by atoms with E-state index in [4.69, 9.17) is 0 Å². The smallest absolute Gasteiger partial charge is 0.153 e. The van der Waals surface area contributed by atoms with Gasteiger partial charge in [0.25, 0.3) is 0 Å². The van der Waals surface area contributed by atoms with Gasteiger partial charge in [0.2, 0.25) is 0 Å². The first-order valence-electron chi connectivity index (χ1n) is 6.54. The monoisotopic (exact) mass is 255 g/mol. The second-order valence-corrected chi connectivity index (χ2v) is 5.11. The van der Waals surface area contributed by atoms with Crippen LogP contribution in [0.15, 0.2) is 30.9 Å². The number of aromatic nitrogens is 4. The molecule has 0 bridgehead atoms. The van der Waals surface area contributed by atoms with Gasteiger partial charge in [-0.25, -0.2) is 15.0 Å². The van der Waals surface area contributed by atoms with Crippen LogP contribution in [0.1, 0.15) is 31.3 Å². The molecule has 1 aliphatic rings. The van der Waals surface area contributed by atoms with Gasteiger partial charge in [-0.2, -0.15) is 0 Å². The fourth-order valence-corrected chi connectivity index (χ4v) is 2.70. The number of aryl methyl sites for hydroxylation is 1. The maximum Gasteiger partial charge on any atom is 0.153 e. The van der Waals surface area contributed by atoms with Crippen molar-refractivity contribution in [3.63, 3.8) is 0 Å². The molecule has 0 amide bonds. The minimum atomic E-state index is -0.192. The summed E-state index contributed by atoms with van der Waals surface area (Å²) >= 11 is 0. The Morgan fingerprint density at radius 3 is 2.84 bits per heavy atom. The molecule has 2 aromatic rings. The molecule has 0 N–H and O–H groups in total. The van der Waals surface area contributed by atoms with E-state index >= 15 is 0 Å². The van der Waals surface area contributed by atoms with Crippen LogP contribution in [0.25, 0.3) is 0 Å². The Morgan fingerprint density at radius 2 is 2.11 bits per heavy atom. The Balaban J connectivity index is 2.02. The van der Waals surface area contributed by atoms with Gasteiger partial charge < -0.3 is 4.90 Å². The van der Waals surface area contributed by atoms with E-state index in [-0.39, 0.29) is 5.54 Å². The summed E-state index contributed by atoms with van der Waals surface area (Å²) in [6.45, 7) is 5.14. The van der Waals surface area contributed by atoms with E-state index in [1.807, 2.05) is 19.2 Å². The van der Waals surface area contributed by atoms with E-state index in [0.29, 0.717) is 0 Å². The summed E-state index contributed by atoms with van der Waals surface area (Å²) in [5, 5.41) is 0. The minimum Gasteiger partial charge on any atom is -0.343 e. The SMILES string of the molecule is Cc1ccnc([C@]2(C)CCCN2c2cnccn2)n1. The molecule has 1 atom stereocenters. The van der Waals surface area contributed by atoms with Gasteiger partial charge in [-0.15, -0.1) is 0 Å². The van der Waals surface area contributed by atoms with Crippen molar-refractivity contribution in [1.29, 1.82) is 0 Å². The molecule has 98 valence electrons. The molecule has 2 aromatic heterocycles. The Morgan fingerprint density at radius 1 is 1.21 bits per heavy atom. The summed E-state index contributed by atoms with van der Waals surface area (Å²) in [5.74, 6) is 1.77. The molecule has 3 rings (SSSR count). The summed E-state index contributed by atoms with van der Waals surface area (Å²) in [6.07, 6.45) is 9.21. The molecule has 1 saturated heterocycles. The number of nitrogens with zero attached hydrogens (tertiary/aromatic N) is 5. The second-order valence-electron chi connectivity index (χ2n) is 5.11. The average Bonchev–Trinajstić information content (AvgIpc) is 2.83. The number of hydrogen-bond acceptors (Lipinski definition) is 5. The number of hydrogen-bond donors (Lipinski definition) is 0. The lowest BCUT2D eigenvalue weighted by Gasteiger charge is -2.34. The average molecular weight is 255 g/mol. The van der Waals surface area contributed by atoms with Gasteiger partial charge in [0.15, 0.2) is 5.82 Å². The van der Waals surface area contributed by atoms with Crippen LogP contribution < -0.4 is 4.90 Å². The lowest BCUT2D eigenvalue weighted by Crippen LogP contribution is -2.40. The van der Waals surface area contributed by atoms with Crippen LogP contribution in [0.3, 0.4) is 0 Å². The third-order valence-corrected chi connectivity index (χ3v) is 3.74. The molecule has 5 nitrogen and oxygen atoms in total. The summed E-state index contributed by atoms with van der Waals surface area (Å²) in [4.78, 5) is 19.9. The van der Waals surface area contributed by atoms with E-state index < -0.39 is 0 Å². The molecular formula is C14H17N5. The Labute approximate surface area is 112 Å². The normalized spacial score (nSPS) is 22.7. The molecule has 0 radical (unpaired) electrons. The third kappa shape index (κ3) is 2.05. The third-order valence-electron chi connectivity index (χ3n) is 3.74. The van der Waals surface area contributed by atoms with Gasteiger partial charge in [0.05, 0.1) is 11.7 Å². The minimum absolute atomic E-state index is 0.192. The van der Waals surface area contributed by atoms with Crippen LogP contribution in [-0.4, -0.2) is 26.5 Å². The predicted molar refractivity (Wildman–Crippen MR) is 72.7 cm³/mol. The van der Waals surface area contributed by atoms with Gasteiger partial charge in [0.1, 0.15) is 5.82 Å². The molecule has 0 aliphatic carbocycles. The van der Waals surface area contributed by atoms with Gasteiger partial charge in [-0.05, 0) is 32.8 Å². The molecule has 1 fully saturated rings. The topological polar surface area (TPSA) is 54.8 Å². The van der Waals surface area contributed by atoms with Crippen molar-refractivity contribution in [3.8, 4) is 0 Å². The Hall–Kier alpha value is -2.04. The van der Waals surface area contributed by atoms with Gasteiger partial charge in [0, 0.05) is 30.8 Å². The lowest BCUT2D eigenvalue weighted by molar-refractivity contribution is 0.456. The van der Waals surface area contributed by atoms with E-state index in [1.165, 1.54) is 0 Å². The highest BCUT2D eigenvalue weighted by Gasteiger charge is 2.41. The molecular weight excluding hydrogens is 238 g/mol. The quantitative estimate of drug-likeness (QED) is 0.822. The summed E-state index contributed by atoms with van der Waals surface area (Å²) < 4.78 is 0. The van der Waals surface area contributed by atoms with Crippen LogP contribution in [0.4, 0.5) is 5.82 Å². The van der Waals surface area contributed by atoms with Crippen molar-refractivity contribution < 1.29 is 0 Å². The lowest BCUT2D eigenvalue weighted by atomic mass is 9.97. The summed E-state index contributed by atoms with van der Waals surface area (Å²) in [5.41, 5.74) is 0.805. The van der Waals surface area contributed by atoms with Crippen LogP contribution in [-0.2, 0) is 5.54 Å². The zero-order valence-corrected chi connectivity index (χ0v) is 11.2. The highest BCUT2D eigenvalue weighted by molar-refractivity contribution is 5.43. The van der Waals surface area contributed by atoms with Crippen molar-refractivity contribution >= 4 is 5.82 Å². The largest absolute Gasteiger partial charge is 0.343 e. The fraction of sp³-hybridized carbons (Fsp3) is 0.429. The maximum atomic E-state index is 4.60. The van der Waals surface area contributed by atoms with Crippen molar-refractivity contribution in [3.05, 3.63) is 42.4 Å². The van der Waals surface area contributed by atoms with Gasteiger partial charge in [-0.1, -0.05) is 0 Å². The van der Waals surface area contributed by atoms with Crippen LogP contribution in [0, 0.1) is 6.92 Å². The highest BCUT2D eigenvalue weighted by atomic mass is 15.3. The Kier molecular flexibility index (Phi) is 2.89. The molecule has 3 heterocycles. The Bertz CT molecular complexity index is 571. The predicted octanol–water partition coefficient (Wildman–Crippen LogP) is 2.09. The number of rotatable bonds is 2. The standard InChI is InChI=1S/C14H17N5/c1-11-4-6-17-13(18-11)14(2)5-3-9-19(14)12-10-15-7-8-16-12/h4,6-8,10H,3,5,9H2,1-2H3/t14-/m0/s1. The molecule has 0 spiro atoms. The van der Waals surface area contributed by atoms with Gasteiger partial charge >= 0.3 is 0 Å². The van der Waals surface area contributed by atoms with Crippen LogP contribution >= 0.6 is 0 Å². The van der Waals surface area contributed by atoms with Crippen molar-refractivity contribution in [1.82, 2.24) is 19.9 Å². The molecule has 1 aliphatic heterocycles. The zero-order chi connectivity index (χ0) is 13.3. The van der Waals surface area contributed by atoms with Gasteiger partial charge in [-0.3, -0.25) is 4.98 Å².